The number of benzene rings is 1. The summed E-state index contributed by atoms with van der Waals surface area (Å²) >= 11 is 6.10. The van der Waals surface area contributed by atoms with Crippen molar-refractivity contribution in [1.82, 2.24) is 9.97 Å². The van der Waals surface area contributed by atoms with Gasteiger partial charge in [0.1, 0.15) is 5.75 Å². The van der Waals surface area contributed by atoms with Crippen molar-refractivity contribution < 1.29 is 9.13 Å². The molecular formula is C15H17ClFN3O. The van der Waals surface area contributed by atoms with E-state index in [1.807, 2.05) is 20.8 Å². The van der Waals surface area contributed by atoms with E-state index < -0.39 is 5.82 Å². The molecular weight excluding hydrogens is 293 g/mol. The summed E-state index contributed by atoms with van der Waals surface area (Å²) in [4.78, 5) is 7.90. The number of rotatable bonds is 5. The van der Waals surface area contributed by atoms with E-state index in [1.165, 1.54) is 0 Å². The molecule has 4 nitrogen and oxygen atoms in total. The van der Waals surface area contributed by atoms with E-state index in [9.17, 15) is 4.39 Å². The third-order valence-electron chi connectivity index (χ3n) is 2.87. The summed E-state index contributed by atoms with van der Waals surface area (Å²) in [5, 5.41) is 3.67. The van der Waals surface area contributed by atoms with E-state index in [1.54, 1.807) is 12.1 Å². The van der Waals surface area contributed by atoms with Crippen molar-refractivity contribution in [3.05, 3.63) is 40.3 Å². The number of hydrogen-bond acceptors (Lipinski definition) is 4. The highest BCUT2D eigenvalue weighted by atomic mass is 35.5. The third-order valence-corrected chi connectivity index (χ3v) is 3.47. The zero-order valence-electron chi connectivity index (χ0n) is 12.2. The summed E-state index contributed by atoms with van der Waals surface area (Å²) in [5.74, 6) is 0.121. The van der Waals surface area contributed by atoms with E-state index in [-0.39, 0.29) is 5.88 Å². The number of hydrogen-bond donors (Lipinski definition) is 1. The Kier molecular flexibility index (Phi) is 4.96. The molecule has 2 rings (SSSR count). The molecule has 21 heavy (non-hydrogen) atoms. The highest BCUT2D eigenvalue weighted by Crippen LogP contribution is 2.29. The average Bonchev–Trinajstić information content (AvgIpc) is 2.45. The molecule has 6 heteroatoms. The molecule has 0 saturated carbocycles. The van der Waals surface area contributed by atoms with Crippen molar-refractivity contribution >= 4 is 17.5 Å². The van der Waals surface area contributed by atoms with Gasteiger partial charge in [-0.25, -0.2) is 4.98 Å². The van der Waals surface area contributed by atoms with Crippen LogP contribution in [0.15, 0.2) is 18.3 Å². The van der Waals surface area contributed by atoms with Gasteiger partial charge in [-0.3, -0.25) is 0 Å². The maximum Gasteiger partial charge on any atom is 0.260 e. The summed E-state index contributed by atoms with van der Waals surface area (Å²) in [6, 6.07) is 3.49. The van der Waals surface area contributed by atoms with Gasteiger partial charge in [-0.05, 0) is 43.5 Å². The van der Waals surface area contributed by atoms with Crippen molar-refractivity contribution in [2.45, 2.75) is 27.2 Å². The molecule has 0 saturated heterocycles. The first-order valence-corrected chi connectivity index (χ1v) is 7.10. The number of halogens is 2. The molecule has 0 aliphatic rings. The monoisotopic (exact) mass is 309 g/mol. The van der Waals surface area contributed by atoms with Crippen molar-refractivity contribution in [3.8, 4) is 11.6 Å². The van der Waals surface area contributed by atoms with Crippen LogP contribution in [0.5, 0.6) is 11.6 Å². The molecule has 0 amide bonds. The zero-order valence-corrected chi connectivity index (χ0v) is 13.0. The van der Waals surface area contributed by atoms with Gasteiger partial charge in [-0.2, -0.15) is 9.37 Å². The Morgan fingerprint density at radius 2 is 1.95 bits per heavy atom. The fraction of sp³-hybridized carbons (Fsp3) is 0.333. The van der Waals surface area contributed by atoms with E-state index in [0.29, 0.717) is 23.3 Å². The Morgan fingerprint density at radius 3 is 2.57 bits per heavy atom. The third kappa shape index (κ3) is 3.82. The van der Waals surface area contributed by atoms with Gasteiger partial charge in [-0.15, -0.1) is 0 Å². The van der Waals surface area contributed by atoms with Crippen LogP contribution in [0, 0.1) is 19.7 Å². The van der Waals surface area contributed by atoms with Crippen molar-refractivity contribution in [3.63, 3.8) is 0 Å². The van der Waals surface area contributed by atoms with Gasteiger partial charge in [0.2, 0.25) is 11.8 Å². The normalized spacial score (nSPS) is 10.5. The first-order valence-electron chi connectivity index (χ1n) is 6.72. The minimum atomic E-state index is -0.609. The maximum absolute atomic E-state index is 13.8. The topological polar surface area (TPSA) is 47.0 Å². The molecule has 0 radical (unpaired) electrons. The number of anilines is 1. The molecule has 1 aromatic heterocycles. The van der Waals surface area contributed by atoms with Crippen LogP contribution in [0.2, 0.25) is 5.02 Å². The Labute approximate surface area is 128 Å². The van der Waals surface area contributed by atoms with Gasteiger partial charge in [-0.1, -0.05) is 18.5 Å². The lowest BCUT2D eigenvalue weighted by Gasteiger charge is -2.10. The second kappa shape index (κ2) is 6.72. The van der Waals surface area contributed by atoms with Crippen molar-refractivity contribution in [1.29, 1.82) is 0 Å². The lowest BCUT2D eigenvalue weighted by molar-refractivity contribution is 0.420. The molecule has 0 aliphatic heterocycles. The predicted octanol–water partition coefficient (Wildman–Crippen LogP) is 4.50. The van der Waals surface area contributed by atoms with E-state index in [0.717, 1.165) is 23.7 Å². The van der Waals surface area contributed by atoms with Gasteiger partial charge in [0.05, 0.1) is 6.20 Å². The van der Waals surface area contributed by atoms with Gasteiger partial charge in [0.15, 0.2) is 0 Å². The lowest BCUT2D eigenvalue weighted by Crippen LogP contribution is -2.05. The molecule has 1 aromatic carbocycles. The van der Waals surface area contributed by atoms with Crippen LogP contribution < -0.4 is 10.1 Å². The Balaban J connectivity index is 2.26. The fourth-order valence-electron chi connectivity index (χ4n) is 1.82. The second-order valence-electron chi connectivity index (χ2n) is 4.75. The van der Waals surface area contributed by atoms with Crippen LogP contribution in [0.3, 0.4) is 0 Å². The second-order valence-corrected chi connectivity index (χ2v) is 5.12. The Hall–Kier alpha value is -1.88. The summed E-state index contributed by atoms with van der Waals surface area (Å²) < 4.78 is 19.3. The average molecular weight is 310 g/mol. The fourth-order valence-corrected chi connectivity index (χ4v) is 1.93. The highest BCUT2D eigenvalue weighted by Gasteiger charge is 2.11. The minimum absolute atomic E-state index is 0.107. The maximum atomic E-state index is 13.8. The van der Waals surface area contributed by atoms with E-state index in [2.05, 4.69) is 15.3 Å². The number of ether oxygens (including phenoxy) is 1. The van der Waals surface area contributed by atoms with Crippen LogP contribution in [0.25, 0.3) is 0 Å². The molecule has 112 valence electrons. The summed E-state index contributed by atoms with van der Waals surface area (Å²) in [6.45, 7) is 6.47. The Morgan fingerprint density at radius 1 is 1.29 bits per heavy atom. The summed E-state index contributed by atoms with van der Waals surface area (Å²) in [6.07, 6.45) is 2.02. The van der Waals surface area contributed by atoms with Crippen molar-refractivity contribution in [2.24, 2.45) is 0 Å². The molecule has 1 heterocycles. The van der Waals surface area contributed by atoms with Crippen LogP contribution >= 0.6 is 11.6 Å². The minimum Gasteiger partial charge on any atom is -0.436 e. The largest absolute Gasteiger partial charge is 0.436 e. The highest BCUT2D eigenvalue weighted by molar-refractivity contribution is 6.32. The molecule has 0 aliphatic carbocycles. The summed E-state index contributed by atoms with van der Waals surface area (Å²) in [5.41, 5.74) is 1.73. The lowest BCUT2D eigenvalue weighted by atomic mass is 10.1. The first kappa shape index (κ1) is 15.5. The molecule has 1 N–H and O–H groups in total. The predicted molar refractivity (Wildman–Crippen MR) is 81.8 cm³/mol. The number of aromatic nitrogens is 2. The number of nitrogens with one attached hydrogen (secondary N) is 1. The zero-order chi connectivity index (χ0) is 15.4. The number of nitrogens with zero attached hydrogens (tertiary/aromatic N) is 2. The molecule has 0 atom stereocenters. The standard InChI is InChI=1S/C15H17ClFN3O/c1-4-5-18-15-19-8-12(17)14(20-15)21-11-6-9(2)13(16)10(3)7-11/h6-8H,4-5H2,1-3H3,(H,18,19,20). The van der Waals surface area contributed by atoms with Crippen LogP contribution in [-0.4, -0.2) is 16.5 Å². The molecule has 0 unspecified atom stereocenters. The Bertz CT molecular complexity index is 626. The van der Waals surface area contributed by atoms with Gasteiger partial charge in [0, 0.05) is 11.6 Å². The smallest absolute Gasteiger partial charge is 0.260 e. The molecule has 0 bridgehead atoms. The molecule has 2 aromatic rings. The SMILES string of the molecule is CCCNc1ncc(F)c(Oc2cc(C)c(Cl)c(C)c2)n1. The first-order chi connectivity index (χ1) is 10.0. The van der Waals surface area contributed by atoms with Gasteiger partial charge < -0.3 is 10.1 Å². The molecule has 0 spiro atoms. The van der Waals surface area contributed by atoms with E-state index >= 15 is 0 Å². The van der Waals surface area contributed by atoms with E-state index in [4.69, 9.17) is 16.3 Å². The summed E-state index contributed by atoms with van der Waals surface area (Å²) in [7, 11) is 0. The van der Waals surface area contributed by atoms with Crippen LogP contribution in [0.4, 0.5) is 10.3 Å². The van der Waals surface area contributed by atoms with Gasteiger partial charge in [0.25, 0.3) is 5.88 Å². The quantitative estimate of drug-likeness (QED) is 0.883. The number of aryl methyl sites for hydroxylation is 2. The van der Waals surface area contributed by atoms with Gasteiger partial charge >= 0.3 is 0 Å². The van der Waals surface area contributed by atoms with Crippen molar-refractivity contribution in [2.75, 3.05) is 11.9 Å². The van der Waals surface area contributed by atoms with Crippen LogP contribution in [0.1, 0.15) is 24.5 Å². The van der Waals surface area contributed by atoms with Crippen LogP contribution in [-0.2, 0) is 0 Å². The molecule has 0 fully saturated rings.